The van der Waals surface area contributed by atoms with Gasteiger partial charge in [0.05, 0.1) is 5.60 Å². The largest absolute Gasteiger partial charge is 0.375 e. The van der Waals surface area contributed by atoms with Gasteiger partial charge < -0.3 is 10.1 Å². The van der Waals surface area contributed by atoms with E-state index in [1.807, 2.05) is 23.0 Å². The van der Waals surface area contributed by atoms with Crippen LogP contribution in [0, 0.1) is 0 Å². The molecule has 0 bridgehead atoms. The topological polar surface area (TPSA) is 47.6 Å². The Kier molecular flexibility index (Phi) is 8.91. The van der Waals surface area contributed by atoms with Crippen LogP contribution in [0.4, 0.5) is 0 Å². The Hall–Kier alpha value is 0.550. The number of amides is 1. The van der Waals surface area contributed by atoms with Gasteiger partial charge >= 0.3 is 0 Å². The van der Waals surface area contributed by atoms with Gasteiger partial charge in [0.2, 0.25) is 5.91 Å². The summed E-state index contributed by atoms with van der Waals surface area (Å²) in [6.45, 7) is 9.09. The Labute approximate surface area is 113 Å². The molecule has 4 nitrogen and oxygen atoms in total. The molecule has 16 heavy (non-hydrogen) atoms. The second-order valence-electron chi connectivity index (χ2n) is 4.30. The Morgan fingerprint density at radius 2 is 2.12 bits per heavy atom. The molecule has 0 aliphatic heterocycles. The van der Waals surface area contributed by atoms with Gasteiger partial charge in [0.1, 0.15) is 23.0 Å². The van der Waals surface area contributed by atoms with E-state index in [1.165, 1.54) is 6.92 Å². The first-order valence-corrected chi connectivity index (χ1v) is 8.03. The third kappa shape index (κ3) is 9.75. The molecule has 0 radical (unpaired) electrons. The maximum Gasteiger partial charge on any atom is 0.216 e. The summed E-state index contributed by atoms with van der Waals surface area (Å²) >= 11 is 1.94. The van der Waals surface area contributed by atoms with Crippen molar-refractivity contribution < 1.29 is 12.4 Å². The van der Waals surface area contributed by atoms with E-state index in [1.54, 1.807) is 0 Å². The summed E-state index contributed by atoms with van der Waals surface area (Å²) < 4.78 is 11.0. The molecule has 0 rings (SSSR count). The van der Waals surface area contributed by atoms with Gasteiger partial charge in [0.25, 0.3) is 0 Å². The molecule has 0 aromatic carbocycles. The second-order valence-corrected chi connectivity index (χ2v) is 7.19. The van der Waals surface area contributed by atoms with Gasteiger partial charge in [-0.15, -0.1) is 0 Å². The van der Waals surface area contributed by atoms with E-state index in [2.05, 4.69) is 25.8 Å². The van der Waals surface area contributed by atoms with E-state index in [9.17, 15) is 4.79 Å². The Bertz CT molecular complexity index is 214. The van der Waals surface area contributed by atoms with E-state index in [0.717, 1.165) is 12.6 Å². The van der Waals surface area contributed by atoms with Crippen LogP contribution in [-0.2, 0) is 12.4 Å². The van der Waals surface area contributed by atoms with E-state index < -0.39 is 8.15 Å². The summed E-state index contributed by atoms with van der Waals surface area (Å²) in [7, 11) is -0.409. The lowest BCUT2D eigenvalue weighted by Crippen LogP contribution is -2.30. The van der Waals surface area contributed by atoms with Crippen molar-refractivity contribution in [2.24, 2.45) is 0 Å². The van der Waals surface area contributed by atoms with Crippen LogP contribution in [0.2, 0.25) is 0 Å². The highest BCUT2D eigenvalue weighted by Gasteiger charge is 2.21. The van der Waals surface area contributed by atoms with Crippen LogP contribution in [0.3, 0.4) is 0 Å². The average molecular weight is 361 g/mol. The van der Waals surface area contributed by atoms with Crippen molar-refractivity contribution in [3.05, 3.63) is 0 Å². The van der Waals surface area contributed by atoms with E-state index in [4.69, 9.17) is 7.59 Å². The molecule has 96 valence electrons. The van der Waals surface area contributed by atoms with E-state index in [0.29, 0.717) is 13.2 Å². The number of ether oxygens (including phenoxy) is 1. The lowest BCUT2D eigenvalue weighted by molar-refractivity contribution is -0.119. The molecule has 0 aromatic heterocycles. The zero-order valence-corrected chi connectivity index (χ0v) is 13.4. The number of rotatable bonds is 8. The molecule has 1 N–H and O–H groups in total. The molecule has 0 aliphatic carbocycles. The van der Waals surface area contributed by atoms with Crippen LogP contribution in [0.5, 0.6) is 0 Å². The van der Waals surface area contributed by atoms with Crippen LogP contribution >= 0.6 is 31.2 Å². The number of nitrogens with one attached hydrogen (secondary N) is 1. The highest BCUT2D eigenvalue weighted by Crippen LogP contribution is 2.39. The zero-order chi connectivity index (χ0) is 12.6. The van der Waals surface area contributed by atoms with Gasteiger partial charge in [-0.3, -0.25) is 7.65 Å². The third-order valence-corrected chi connectivity index (χ3v) is 5.37. The molecule has 0 fully saturated rings. The van der Waals surface area contributed by atoms with Crippen molar-refractivity contribution in [3.63, 3.8) is 0 Å². The molecular weight excluding hydrogens is 340 g/mol. The normalized spacial score (nSPS) is 13.6. The summed E-state index contributed by atoms with van der Waals surface area (Å²) in [4.78, 5) is 10.6. The monoisotopic (exact) mass is 361 g/mol. The van der Waals surface area contributed by atoms with Crippen LogP contribution in [0.25, 0.3) is 0 Å². The van der Waals surface area contributed by atoms with Crippen molar-refractivity contribution in [2.45, 2.75) is 32.8 Å². The predicted molar refractivity (Wildman–Crippen MR) is 76.1 cm³/mol. The molecule has 0 saturated carbocycles. The third-order valence-electron chi connectivity index (χ3n) is 1.91. The Balaban J connectivity index is 3.61. The van der Waals surface area contributed by atoms with Crippen LogP contribution in [0.1, 0.15) is 27.2 Å². The number of halogens is 1. The summed E-state index contributed by atoms with van der Waals surface area (Å²) in [5, 5.41) is 2.74. The fraction of sp³-hybridized carbons (Fsp3) is 0.900. The summed E-state index contributed by atoms with van der Waals surface area (Å²) in [5.41, 5.74) is -0.151. The molecule has 0 heterocycles. The van der Waals surface area contributed by atoms with E-state index in [-0.39, 0.29) is 11.5 Å². The van der Waals surface area contributed by atoms with Gasteiger partial charge in [-0.25, -0.2) is 0 Å². The summed E-state index contributed by atoms with van der Waals surface area (Å²) in [6, 6.07) is 0. The first-order chi connectivity index (χ1) is 7.37. The maximum absolute atomic E-state index is 10.6. The zero-order valence-electron chi connectivity index (χ0n) is 10.4. The van der Waals surface area contributed by atoms with Gasteiger partial charge in [0, 0.05) is 34.4 Å². The van der Waals surface area contributed by atoms with Crippen molar-refractivity contribution in [1.29, 1.82) is 0 Å². The van der Waals surface area contributed by atoms with Crippen molar-refractivity contribution >= 4 is 37.1 Å². The standard InChI is InChI=1S/C10H21INO3P/c1-9(13)12-6-5-7-14-10(2,3)8-16(4)15-11/h5-8H2,1-4H3,(H,12,13). The molecule has 1 amide bonds. The van der Waals surface area contributed by atoms with Gasteiger partial charge in [-0.2, -0.15) is 0 Å². The predicted octanol–water partition coefficient (Wildman–Crippen LogP) is 2.70. The minimum absolute atomic E-state index is 0.00894. The number of carbonyl (C=O) groups is 1. The molecular formula is C10H21INO3P. The number of carbonyl (C=O) groups excluding carboxylic acids is 1. The lowest BCUT2D eigenvalue weighted by Gasteiger charge is -2.27. The van der Waals surface area contributed by atoms with Crippen molar-refractivity contribution in [3.8, 4) is 0 Å². The molecule has 6 heteroatoms. The highest BCUT2D eigenvalue weighted by molar-refractivity contribution is 14.1. The quantitative estimate of drug-likeness (QED) is 0.411. The number of hydrogen-bond donors (Lipinski definition) is 1. The molecule has 1 unspecified atom stereocenters. The van der Waals surface area contributed by atoms with Crippen molar-refractivity contribution in [1.82, 2.24) is 5.32 Å². The molecule has 1 atom stereocenters. The molecule has 0 aromatic rings. The fourth-order valence-electron chi connectivity index (χ4n) is 1.29. The average Bonchev–Trinajstić information content (AvgIpc) is 2.15. The second kappa shape index (κ2) is 8.61. The van der Waals surface area contributed by atoms with Gasteiger partial charge in [0.15, 0.2) is 0 Å². The van der Waals surface area contributed by atoms with Crippen LogP contribution in [-0.4, -0.2) is 37.5 Å². The minimum atomic E-state index is -0.409. The first-order valence-electron chi connectivity index (χ1n) is 5.25. The van der Waals surface area contributed by atoms with Crippen molar-refractivity contribution in [2.75, 3.05) is 26.0 Å². The van der Waals surface area contributed by atoms with E-state index >= 15 is 0 Å². The van der Waals surface area contributed by atoms with Gasteiger partial charge in [-0.05, 0) is 26.9 Å². The van der Waals surface area contributed by atoms with Gasteiger partial charge in [-0.1, -0.05) is 0 Å². The van der Waals surface area contributed by atoms with Crippen LogP contribution < -0.4 is 5.32 Å². The maximum atomic E-state index is 10.6. The minimum Gasteiger partial charge on any atom is -0.375 e. The number of hydrogen-bond acceptors (Lipinski definition) is 3. The SMILES string of the molecule is CC(=O)NCCCOC(C)(C)CP(C)OI. The molecule has 0 aliphatic rings. The Morgan fingerprint density at radius 1 is 1.50 bits per heavy atom. The molecule has 0 saturated heterocycles. The fourth-order valence-corrected chi connectivity index (χ4v) is 2.92. The highest BCUT2D eigenvalue weighted by atomic mass is 127. The molecule has 0 spiro atoms. The van der Waals surface area contributed by atoms with Crippen LogP contribution in [0.15, 0.2) is 0 Å². The first kappa shape index (κ1) is 16.6. The summed E-state index contributed by atoms with van der Waals surface area (Å²) in [6.07, 6.45) is 1.77. The Morgan fingerprint density at radius 3 is 2.62 bits per heavy atom. The smallest absolute Gasteiger partial charge is 0.216 e. The summed E-state index contributed by atoms with van der Waals surface area (Å²) in [5.74, 6) is 0.00894. The lowest BCUT2D eigenvalue weighted by atomic mass is 10.2.